The molecule has 2 aromatic heterocycles. The number of hydrogen-bond donors (Lipinski definition) is 1. The number of ether oxygens (including phenoxy) is 1. The van der Waals surface area contributed by atoms with E-state index in [9.17, 15) is 23.1 Å². The lowest BCUT2D eigenvalue weighted by Crippen LogP contribution is -2.51. The van der Waals surface area contributed by atoms with Crippen LogP contribution in [0, 0.1) is 0 Å². The predicted octanol–water partition coefficient (Wildman–Crippen LogP) is 2.43. The van der Waals surface area contributed by atoms with E-state index in [-0.39, 0.29) is 11.6 Å². The lowest BCUT2D eigenvalue weighted by molar-refractivity contribution is -0.146. The van der Waals surface area contributed by atoms with Crippen LogP contribution in [0.25, 0.3) is 5.65 Å². The molecule has 1 N–H and O–H groups in total. The lowest BCUT2D eigenvalue weighted by Gasteiger charge is -2.35. The summed E-state index contributed by atoms with van der Waals surface area (Å²) in [4.78, 5) is 17.8. The number of amides is 1. The summed E-state index contributed by atoms with van der Waals surface area (Å²) in [6.45, 7) is 6.89. The Labute approximate surface area is 224 Å². The zero-order chi connectivity index (χ0) is 27.6. The predicted molar refractivity (Wildman–Crippen MR) is 137 cm³/mol. The molecule has 0 unspecified atom stereocenters. The SMILES string of the molecule is C[C@H](O)C(=O)N1CCN(CCOc2ccc(C3CCN(c4ccc5nnc(C(F)(F)F)n5n4)CC3)cc2)CC1. The van der Waals surface area contributed by atoms with Crippen molar-refractivity contribution in [2.45, 2.75) is 38.0 Å². The zero-order valence-corrected chi connectivity index (χ0v) is 21.7. The van der Waals surface area contributed by atoms with Gasteiger partial charge < -0.3 is 19.6 Å². The van der Waals surface area contributed by atoms with E-state index in [4.69, 9.17) is 4.74 Å². The van der Waals surface area contributed by atoms with Gasteiger partial charge in [-0.05, 0) is 55.5 Å². The van der Waals surface area contributed by atoms with Crippen LogP contribution in [0.2, 0.25) is 0 Å². The van der Waals surface area contributed by atoms with Crippen molar-refractivity contribution in [1.82, 2.24) is 29.6 Å². The van der Waals surface area contributed by atoms with Crippen molar-refractivity contribution < 1.29 is 27.8 Å². The monoisotopic (exact) mass is 547 g/mol. The van der Waals surface area contributed by atoms with Crippen LogP contribution < -0.4 is 9.64 Å². The van der Waals surface area contributed by atoms with E-state index in [2.05, 4.69) is 32.3 Å². The molecule has 5 rings (SSSR count). The summed E-state index contributed by atoms with van der Waals surface area (Å²) in [5.41, 5.74) is 1.28. The van der Waals surface area contributed by atoms with Gasteiger partial charge in [0.15, 0.2) is 5.65 Å². The Morgan fingerprint density at radius 2 is 1.72 bits per heavy atom. The molecule has 0 bridgehead atoms. The van der Waals surface area contributed by atoms with Crippen molar-refractivity contribution in [3.8, 4) is 5.75 Å². The number of benzene rings is 1. The summed E-state index contributed by atoms with van der Waals surface area (Å²) in [5, 5.41) is 20.4. The second kappa shape index (κ2) is 11.3. The van der Waals surface area contributed by atoms with Crippen molar-refractivity contribution >= 4 is 17.4 Å². The maximum atomic E-state index is 13.2. The summed E-state index contributed by atoms with van der Waals surface area (Å²) < 4.78 is 46.3. The number of hydrogen-bond acceptors (Lipinski definition) is 8. The Morgan fingerprint density at radius 3 is 2.36 bits per heavy atom. The minimum absolute atomic E-state index is 0.0649. The Kier molecular flexibility index (Phi) is 7.89. The summed E-state index contributed by atoms with van der Waals surface area (Å²) in [5.74, 6) is 0.280. The minimum atomic E-state index is -4.62. The van der Waals surface area contributed by atoms with Gasteiger partial charge in [-0.1, -0.05) is 12.1 Å². The topological polar surface area (TPSA) is 99.3 Å². The molecule has 0 saturated carbocycles. The number of nitrogens with zero attached hydrogens (tertiary/aromatic N) is 7. The van der Waals surface area contributed by atoms with Crippen LogP contribution in [-0.2, 0) is 11.0 Å². The van der Waals surface area contributed by atoms with Gasteiger partial charge in [-0.2, -0.15) is 17.7 Å². The third-order valence-corrected chi connectivity index (χ3v) is 7.39. The van der Waals surface area contributed by atoms with Crippen LogP contribution in [-0.4, -0.2) is 99.1 Å². The summed E-state index contributed by atoms with van der Waals surface area (Å²) in [6, 6.07) is 11.3. The molecule has 2 saturated heterocycles. The summed E-state index contributed by atoms with van der Waals surface area (Å²) in [6.07, 6.45) is -3.86. The van der Waals surface area contributed by atoms with E-state index < -0.39 is 18.1 Å². The maximum absolute atomic E-state index is 13.2. The van der Waals surface area contributed by atoms with Crippen molar-refractivity contribution in [3.63, 3.8) is 0 Å². The molecule has 2 aliphatic rings. The second-order valence-corrected chi connectivity index (χ2v) is 10.0. The van der Waals surface area contributed by atoms with E-state index >= 15 is 0 Å². The molecule has 210 valence electrons. The number of piperazine rings is 1. The molecule has 2 aliphatic heterocycles. The first-order chi connectivity index (χ1) is 18.7. The highest BCUT2D eigenvalue weighted by Crippen LogP contribution is 2.32. The second-order valence-electron chi connectivity index (χ2n) is 10.0. The molecule has 39 heavy (non-hydrogen) atoms. The number of piperidine rings is 1. The number of aliphatic hydroxyl groups is 1. The van der Waals surface area contributed by atoms with Crippen molar-refractivity contribution in [2.24, 2.45) is 0 Å². The number of carbonyl (C=O) groups excluding carboxylic acids is 1. The van der Waals surface area contributed by atoms with E-state index in [1.165, 1.54) is 18.6 Å². The van der Waals surface area contributed by atoms with Gasteiger partial charge in [0, 0.05) is 45.8 Å². The van der Waals surface area contributed by atoms with Gasteiger partial charge in [0.05, 0.1) is 0 Å². The van der Waals surface area contributed by atoms with Crippen molar-refractivity contribution in [3.05, 3.63) is 47.8 Å². The fourth-order valence-electron chi connectivity index (χ4n) is 5.15. The van der Waals surface area contributed by atoms with E-state index in [0.29, 0.717) is 44.5 Å². The molecule has 10 nitrogen and oxygen atoms in total. The molecule has 1 atom stereocenters. The first-order valence-electron chi connectivity index (χ1n) is 13.2. The number of aliphatic hydroxyl groups excluding tert-OH is 1. The Balaban J connectivity index is 1.08. The highest BCUT2D eigenvalue weighted by Gasteiger charge is 2.38. The maximum Gasteiger partial charge on any atom is 0.453 e. The van der Waals surface area contributed by atoms with Crippen molar-refractivity contribution in [2.75, 3.05) is 57.3 Å². The Bertz CT molecular complexity index is 1270. The lowest BCUT2D eigenvalue weighted by atomic mass is 9.89. The van der Waals surface area contributed by atoms with E-state index in [0.717, 1.165) is 42.7 Å². The molecule has 3 aromatic rings. The molecular formula is C26H32F3N7O3. The van der Waals surface area contributed by atoms with Crippen LogP contribution in [0.1, 0.15) is 37.1 Å². The first-order valence-corrected chi connectivity index (χ1v) is 13.2. The molecule has 2 fully saturated rings. The quantitative estimate of drug-likeness (QED) is 0.482. The molecule has 0 radical (unpaired) electrons. The van der Waals surface area contributed by atoms with E-state index in [1.807, 2.05) is 17.0 Å². The molecule has 13 heteroatoms. The smallest absolute Gasteiger partial charge is 0.453 e. The van der Waals surface area contributed by atoms with Gasteiger partial charge in [-0.15, -0.1) is 15.3 Å². The number of rotatable bonds is 7. The highest BCUT2D eigenvalue weighted by molar-refractivity contribution is 5.80. The van der Waals surface area contributed by atoms with Gasteiger partial charge in [-0.25, -0.2) is 0 Å². The summed E-state index contributed by atoms with van der Waals surface area (Å²) in [7, 11) is 0. The zero-order valence-electron chi connectivity index (χ0n) is 21.7. The molecule has 0 aliphatic carbocycles. The number of carbonyl (C=O) groups is 1. The van der Waals surface area contributed by atoms with Crippen LogP contribution >= 0.6 is 0 Å². The van der Waals surface area contributed by atoms with Gasteiger partial charge in [0.2, 0.25) is 0 Å². The average molecular weight is 548 g/mol. The third kappa shape index (κ3) is 6.25. The fourth-order valence-corrected chi connectivity index (χ4v) is 5.15. The van der Waals surface area contributed by atoms with Crippen LogP contribution in [0.15, 0.2) is 36.4 Å². The van der Waals surface area contributed by atoms with Gasteiger partial charge >= 0.3 is 6.18 Å². The van der Waals surface area contributed by atoms with Crippen LogP contribution in [0.5, 0.6) is 5.75 Å². The van der Waals surface area contributed by atoms with Gasteiger partial charge in [-0.3, -0.25) is 9.69 Å². The normalized spacial score (nSPS) is 18.5. The number of halogens is 3. The molecule has 0 spiro atoms. The summed E-state index contributed by atoms with van der Waals surface area (Å²) >= 11 is 0. The third-order valence-electron chi connectivity index (χ3n) is 7.39. The Hall–Kier alpha value is -3.45. The number of aromatic nitrogens is 4. The number of fused-ring (bicyclic) bond motifs is 1. The molecule has 1 aromatic carbocycles. The van der Waals surface area contributed by atoms with Gasteiger partial charge in [0.25, 0.3) is 11.7 Å². The van der Waals surface area contributed by atoms with Crippen LogP contribution in [0.3, 0.4) is 0 Å². The standard InChI is InChI=1S/C26H32F3N7O3/c1-18(37)24(38)35-14-12-33(13-15-35)16-17-39-21-4-2-19(3-5-21)20-8-10-34(11-9-20)23-7-6-22-30-31-25(26(27,28)29)36(22)32-23/h2-7,18,20,37H,8-17H2,1H3/t18-/m0/s1. The fraction of sp³-hybridized carbons (Fsp3) is 0.538. The molecule has 1 amide bonds. The average Bonchev–Trinajstić information content (AvgIpc) is 3.38. The molecular weight excluding hydrogens is 515 g/mol. The van der Waals surface area contributed by atoms with Gasteiger partial charge in [0.1, 0.15) is 24.3 Å². The van der Waals surface area contributed by atoms with E-state index in [1.54, 1.807) is 11.0 Å². The largest absolute Gasteiger partial charge is 0.492 e. The molecule has 4 heterocycles. The van der Waals surface area contributed by atoms with Crippen molar-refractivity contribution in [1.29, 1.82) is 0 Å². The minimum Gasteiger partial charge on any atom is -0.492 e. The Morgan fingerprint density at radius 1 is 1.03 bits per heavy atom. The van der Waals surface area contributed by atoms with Crippen LogP contribution in [0.4, 0.5) is 19.0 Å². The number of anilines is 1. The number of alkyl halides is 3. The first kappa shape index (κ1) is 27.1. The highest BCUT2D eigenvalue weighted by atomic mass is 19.4.